The Labute approximate surface area is 152 Å². The van der Waals surface area contributed by atoms with Crippen molar-refractivity contribution in [3.63, 3.8) is 0 Å². The molecule has 126 valence electrons. The van der Waals surface area contributed by atoms with Gasteiger partial charge in [-0.1, -0.05) is 34.1 Å². The Kier molecular flexibility index (Phi) is 5.09. The molecule has 6 heteroatoms. The molecule has 4 nitrogen and oxygen atoms in total. The molecular weight excluding hydrogens is 387 g/mol. The number of nitrogens with one attached hydrogen (secondary N) is 1. The Bertz CT molecular complexity index is 968. The van der Waals surface area contributed by atoms with E-state index in [-0.39, 0.29) is 5.56 Å². The molecule has 0 aliphatic carbocycles. The van der Waals surface area contributed by atoms with Crippen LogP contribution in [0.4, 0.5) is 10.1 Å². The van der Waals surface area contributed by atoms with Crippen molar-refractivity contribution in [3.05, 3.63) is 98.6 Å². The van der Waals surface area contributed by atoms with Crippen LogP contribution in [-0.2, 0) is 6.54 Å². The zero-order chi connectivity index (χ0) is 17.8. The highest BCUT2D eigenvalue weighted by Crippen LogP contribution is 2.13. The first-order chi connectivity index (χ1) is 12.0. The third-order valence-corrected chi connectivity index (χ3v) is 4.12. The Hall–Kier alpha value is -2.73. The quantitative estimate of drug-likeness (QED) is 0.717. The van der Waals surface area contributed by atoms with Gasteiger partial charge in [-0.05, 0) is 42.0 Å². The van der Waals surface area contributed by atoms with E-state index in [9.17, 15) is 14.0 Å². The largest absolute Gasteiger partial charge is 0.322 e. The average Bonchev–Trinajstić information content (AvgIpc) is 2.59. The molecule has 0 fully saturated rings. The van der Waals surface area contributed by atoms with Crippen LogP contribution < -0.4 is 10.9 Å². The molecule has 1 aromatic heterocycles. The molecule has 0 spiro atoms. The van der Waals surface area contributed by atoms with E-state index in [4.69, 9.17) is 0 Å². The SMILES string of the molecule is O=C(Nc1cccc(F)c1)c1ccc(=O)n(Cc2ccc(Br)cc2)c1. The molecule has 2 aromatic carbocycles. The fourth-order valence-electron chi connectivity index (χ4n) is 2.35. The second-order valence-corrected chi connectivity index (χ2v) is 6.39. The summed E-state index contributed by atoms with van der Waals surface area (Å²) in [5.74, 6) is -0.840. The number of nitrogens with zero attached hydrogens (tertiary/aromatic N) is 1. The smallest absolute Gasteiger partial charge is 0.257 e. The summed E-state index contributed by atoms with van der Waals surface area (Å²) in [4.78, 5) is 24.4. The first-order valence-electron chi connectivity index (χ1n) is 7.53. The molecule has 1 amide bonds. The van der Waals surface area contributed by atoms with Crippen LogP contribution in [0.2, 0.25) is 0 Å². The number of carbonyl (C=O) groups excluding carboxylic acids is 1. The maximum atomic E-state index is 13.2. The lowest BCUT2D eigenvalue weighted by molar-refractivity contribution is 0.102. The van der Waals surface area contributed by atoms with Gasteiger partial charge in [0.15, 0.2) is 0 Å². The van der Waals surface area contributed by atoms with E-state index in [1.54, 1.807) is 6.07 Å². The fraction of sp³-hybridized carbons (Fsp3) is 0.0526. The van der Waals surface area contributed by atoms with Gasteiger partial charge in [-0.2, -0.15) is 0 Å². The minimum absolute atomic E-state index is 0.203. The Balaban J connectivity index is 1.82. The molecule has 0 atom stereocenters. The van der Waals surface area contributed by atoms with Crippen molar-refractivity contribution in [2.24, 2.45) is 0 Å². The molecule has 0 aliphatic heterocycles. The second-order valence-electron chi connectivity index (χ2n) is 5.47. The number of anilines is 1. The number of amides is 1. The molecule has 0 bridgehead atoms. The highest BCUT2D eigenvalue weighted by Gasteiger charge is 2.09. The van der Waals surface area contributed by atoms with Gasteiger partial charge in [0.2, 0.25) is 0 Å². The van der Waals surface area contributed by atoms with Gasteiger partial charge in [-0.25, -0.2) is 4.39 Å². The summed E-state index contributed by atoms with van der Waals surface area (Å²) in [6, 6.07) is 16.0. The van der Waals surface area contributed by atoms with E-state index < -0.39 is 11.7 Å². The van der Waals surface area contributed by atoms with Gasteiger partial charge in [0.1, 0.15) is 5.82 Å². The maximum absolute atomic E-state index is 13.2. The van der Waals surface area contributed by atoms with E-state index in [1.165, 1.54) is 41.1 Å². The van der Waals surface area contributed by atoms with Crippen molar-refractivity contribution in [3.8, 4) is 0 Å². The molecular formula is C19H14BrFN2O2. The lowest BCUT2D eigenvalue weighted by atomic mass is 10.2. The predicted octanol–water partition coefficient (Wildman–Crippen LogP) is 4.05. The zero-order valence-electron chi connectivity index (χ0n) is 13.1. The van der Waals surface area contributed by atoms with Crippen LogP contribution in [-0.4, -0.2) is 10.5 Å². The van der Waals surface area contributed by atoms with Gasteiger partial charge in [-0.15, -0.1) is 0 Å². The van der Waals surface area contributed by atoms with Crippen LogP contribution in [0.25, 0.3) is 0 Å². The third-order valence-electron chi connectivity index (χ3n) is 3.59. The van der Waals surface area contributed by atoms with Gasteiger partial charge < -0.3 is 9.88 Å². The number of aromatic nitrogens is 1. The van der Waals surface area contributed by atoms with Gasteiger partial charge in [0.05, 0.1) is 12.1 Å². The lowest BCUT2D eigenvalue weighted by Gasteiger charge is -2.09. The van der Waals surface area contributed by atoms with Crippen LogP contribution in [0.3, 0.4) is 0 Å². The molecule has 3 aromatic rings. The van der Waals surface area contributed by atoms with Gasteiger partial charge >= 0.3 is 0 Å². The molecule has 0 saturated carbocycles. The van der Waals surface area contributed by atoms with E-state index in [1.807, 2.05) is 24.3 Å². The van der Waals surface area contributed by atoms with E-state index in [0.717, 1.165) is 10.0 Å². The molecule has 1 heterocycles. The van der Waals surface area contributed by atoms with Crippen molar-refractivity contribution >= 4 is 27.5 Å². The number of halogens is 2. The summed E-state index contributed by atoms with van der Waals surface area (Å²) in [7, 11) is 0. The molecule has 1 N–H and O–H groups in total. The van der Waals surface area contributed by atoms with Crippen molar-refractivity contribution in [2.75, 3.05) is 5.32 Å². The highest BCUT2D eigenvalue weighted by molar-refractivity contribution is 9.10. The summed E-state index contributed by atoms with van der Waals surface area (Å²) >= 11 is 3.36. The summed E-state index contributed by atoms with van der Waals surface area (Å²) in [6.07, 6.45) is 1.50. The average molecular weight is 401 g/mol. The van der Waals surface area contributed by atoms with Crippen LogP contribution in [0.15, 0.2) is 76.1 Å². The predicted molar refractivity (Wildman–Crippen MR) is 98.3 cm³/mol. The molecule has 0 saturated heterocycles. The maximum Gasteiger partial charge on any atom is 0.257 e. The molecule has 0 unspecified atom stereocenters. The lowest BCUT2D eigenvalue weighted by Crippen LogP contribution is -2.22. The molecule has 3 rings (SSSR count). The topological polar surface area (TPSA) is 51.1 Å². The zero-order valence-corrected chi connectivity index (χ0v) is 14.7. The van der Waals surface area contributed by atoms with Crippen molar-refractivity contribution in [1.29, 1.82) is 0 Å². The number of carbonyl (C=O) groups is 1. The van der Waals surface area contributed by atoms with Crippen molar-refractivity contribution in [2.45, 2.75) is 6.54 Å². The van der Waals surface area contributed by atoms with Crippen LogP contribution >= 0.6 is 15.9 Å². The second kappa shape index (κ2) is 7.44. The molecule has 0 radical (unpaired) electrons. The van der Waals surface area contributed by atoms with E-state index >= 15 is 0 Å². The number of benzene rings is 2. The fourth-order valence-corrected chi connectivity index (χ4v) is 2.61. The summed E-state index contributed by atoms with van der Waals surface area (Å²) < 4.78 is 15.6. The van der Waals surface area contributed by atoms with Crippen molar-refractivity contribution in [1.82, 2.24) is 4.57 Å². The van der Waals surface area contributed by atoms with Crippen molar-refractivity contribution < 1.29 is 9.18 Å². The van der Waals surface area contributed by atoms with Crippen LogP contribution in [0, 0.1) is 5.82 Å². The monoisotopic (exact) mass is 400 g/mol. The van der Waals surface area contributed by atoms with E-state index in [2.05, 4.69) is 21.2 Å². The summed E-state index contributed by atoms with van der Waals surface area (Å²) in [5.41, 5.74) is 1.41. The molecule has 25 heavy (non-hydrogen) atoms. The summed E-state index contributed by atoms with van der Waals surface area (Å²) in [6.45, 7) is 0.354. The van der Waals surface area contributed by atoms with E-state index in [0.29, 0.717) is 17.8 Å². The highest BCUT2D eigenvalue weighted by atomic mass is 79.9. The minimum atomic E-state index is -0.432. The number of hydrogen-bond donors (Lipinski definition) is 1. The van der Waals surface area contributed by atoms with Gasteiger partial charge in [-0.3, -0.25) is 9.59 Å². The van der Waals surface area contributed by atoms with Crippen LogP contribution in [0.5, 0.6) is 0 Å². The minimum Gasteiger partial charge on any atom is -0.322 e. The standard InChI is InChI=1S/C19H14BrFN2O2/c20-15-7-4-13(5-8-15)11-23-12-14(6-9-18(23)24)19(25)22-17-3-1-2-16(21)10-17/h1-10,12H,11H2,(H,22,25). The number of pyridine rings is 1. The summed E-state index contributed by atoms with van der Waals surface area (Å²) in [5, 5.41) is 2.62. The van der Waals surface area contributed by atoms with Crippen LogP contribution in [0.1, 0.15) is 15.9 Å². The Morgan fingerprint density at radius 3 is 2.56 bits per heavy atom. The Morgan fingerprint density at radius 1 is 1.08 bits per heavy atom. The first-order valence-corrected chi connectivity index (χ1v) is 8.32. The first kappa shape index (κ1) is 17.1. The van der Waals surface area contributed by atoms with Gasteiger partial charge in [0.25, 0.3) is 11.5 Å². The number of hydrogen-bond acceptors (Lipinski definition) is 2. The third kappa shape index (κ3) is 4.42. The van der Waals surface area contributed by atoms with Gasteiger partial charge in [0, 0.05) is 22.4 Å². The number of rotatable bonds is 4. The Morgan fingerprint density at radius 2 is 1.84 bits per heavy atom. The normalized spacial score (nSPS) is 10.5. The molecule has 0 aliphatic rings.